The van der Waals surface area contributed by atoms with Gasteiger partial charge in [-0.2, -0.15) is 9.61 Å². The highest BCUT2D eigenvalue weighted by Crippen LogP contribution is 2.23. The zero-order valence-corrected chi connectivity index (χ0v) is 13.5. The standard InChI is InChI=1S/C17H11ClN4S/c18-14-9-7-13(8-10-14)16-19-20-17-22(16)21-15(23-17)11-6-12-4-2-1-3-5-12/h1-11H. The Labute approximate surface area is 141 Å². The Morgan fingerprint density at radius 3 is 2.48 bits per heavy atom. The van der Waals surface area contributed by atoms with Gasteiger partial charge in [0.1, 0.15) is 5.01 Å². The van der Waals surface area contributed by atoms with E-state index in [1.54, 1.807) is 4.52 Å². The molecular weight excluding hydrogens is 328 g/mol. The molecule has 0 aliphatic rings. The molecule has 23 heavy (non-hydrogen) atoms. The molecule has 4 nitrogen and oxygen atoms in total. The van der Waals surface area contributed by atoms with Crippen LogP contribution in [-0.2, 0) is 0 Å². The molecule has 0 radical (unpaired) electrons. The lowest BCUT2D eigenvalue weighted by Gasteiger charge is -1.96. The van der Waals surface area contributed by atoms with E-state index in [4.69, 9.17) is 11.6 Å². The van der Waals surface area contributed by atoms with Gasteiger partial charge in [0.25, 0.3) is 0 Å². The topological polar surface area (TPSA) is 43.1 Å². The van der Waals surface area contributed by atoms with Gasteiger partial charge >= 0.3 is 0 Å². The van der Waals surface area contributed by atoms with E-state index in [0.29, 0.717) is 10.8 Å². The van der Waals surface area contributed by atoms with Crippen LogP contribution in [0.15, 0.2) is 54.6 Å². The van der Waals surface area contributed by atoms with Gasteiger partial charge in [-0.25, -0.2) is 0 Å². The van der Waals surface area contributed by atoms with E-state index >= 15 is 0 Å². The molecule has 0 unspecified atom stereocenters. The normalized spacial score (nSPS) is 11.5. The van der Waals surface area contributed by atoms with Crippen molar-refractivity contribution < 1.29 is 0 Å². The third-order valence-electron chi connectivity index (χ3n) is 3.33. The Bertz CT molecular complexity index is 971. The van der Waals surface area contributed by atoms with Crippen molar-refractivity contribution in [2.75, 3.05) is 0 Å². The molecule has 0 fully saturated rings. The summed E-state index contributed by atoms with van der Waals surface area (Å²) >= 11 is 7.43. The van der Waals surface area contributed by atoms with Gasteiger partial charge in [-0.3, -0.25) is 0 Å². The molecule has 6 heteroatoms. The summed E-state index contributed by atoms with van der Waals surface area (Å²) in [5.41, 5.74) is 2.07. The molecule has 0 saturated carbocycles. The largest absolute Gasteiger partial charge is 0.235 e. The first-order valence-corrected chi connectivity index (χ1v) is 8.20. The monoisotopic (exact) mass is 338 g/mol. The van der Waals surface area contributed by atoms with Gasteiger partial charge in [-0.15, -0.1) is 10.2 Å². The Morgan fingerprint density at radius 2 is 1.70 bits per heavy atom. The van der Waals surface area contributed by atoms with Crippen molar-refractivity contribution >= 4 is 40.1 Å². The molecule has 0 aliphatic heterocycles. The predicted molar refractivity (Wildman–Crippen MR) is 94.5 cm³/mol. The van der Waals surface area contributed by atoms with Crippen molar-refractivity contribution in [2.24, 2.45) is 0 Å². The van der Waals surface area contributed by atoms with Crippen molar-refractivity contribution in [3.63, 3.8) is 0 Å². The first-order valence-electron chi connectivity index (χ1n) is 7.01. The summed E-state index contributed by atoms with van der Waals surface area (Å²) in [5, 5.41) is 14.6. The molecule has 0 saturated heterocycles. The van der Waals surface area contributed by atoms with Crippen LogP contribution in [0.5, 0.6) is 0 Å². The second-order valence-corrected chi connectivity index (χ2v) is 6.33. The first kappa shape index (κ1) is 14.1. The molecule has 0 spiro atoms. The lowest BCUT2D eigenvalue weighted by atomic mass is 10.2. The van der Waals surface area contributed by atoms with Crippen molar-refractivity contribution in [3.8, 4) is 11.4 Å². The van der Waals surface area contributed by atoms with Crippen LogP contribution < -0.4 is 0 Å². The van der Waals surface area contributed by atoms with Crippen molar-refractivity contribution in [2.45, 2.75) is 0 Å². The second kappa shape index (κ2) is 5.95. The number of nitrogens with zero attached hydrogens (tertiary/aromatic N) is 4. The summed E-state index contributed by atoms with van der Waals surface area (Å²) in [4.78, 5) is 0.766. The number of benzene rings is 2. The SMILES string of the molecule is Clc1ccc(-c2nnc3sc(C=Cc4ccccc4)nn23)cc1. The van der Waals surface area contributed by atoms with Crippen molar-refractivity contribution in [1.82, 2.24) is 19.8 Å². The van der Waals surface area contributed by atoms with E-state index in [2.05, 4.69) is 27.4 Å². The lowest BCUT2D eigenvalue weighted by Crippen LogP contribution is -1.90. The van der Waals surface area contributed by atoms with E-state index in [1.807, 2.05) is 54.6 Å². The van der Waals surface area contributed by atoms with Crippen LogP contribution in [-0.4, -0.2) is 19.8 Å². The van der Waals surface area contributed by atoms with E-state index in [1.165, 1.54) is 11.3 Å². The molecule has 0 N–H and O–H groups in total. The molecular formula is C17H11ClN4S. The second-order valence-electron chi connectivity index (χ2n) is 4.91. The number of hydrogen-bond donors (Lipinski definition) is 0. The molecule has 2 heterocycles. The maximum absolute atomic E-state index is 5.93. The lowest BCUT2D eigenvalue weighted by molar-refractivity contribution is 0.960. The molecule has 4 aromatic rings. The fraction of sp³-hybridized carbons (Fsp3) is 0. The summed E-state index contributed by atoms with van der Waals surface area (Å²) < 4.78 is 1.76. The molecule has 2 aromatic carbocycles. The summed E-state index contributed by atoms with van der Waals surface area (Å²) in [7, 11) is 0. The molecule has 112 valence electrons. The number of hydrogen-bond acceptors (Lipinski definition) is 4. The van der Waals surface area contributed by atoms with Crippen LogP contribution in [0.25, 0.3) is 28.5 Å². The zero-order chi connectivity index (χ0) is 15.6. The summed E-state index contributed by atoms with van der Waals surface area (Å²) in [6.07, 6.45) is 4.02. The van der Waals surface area contributed by atoms with Crippen LogP contribution in [0.4, 0.5) is 0 Å². The Kier molecular flexibility index (Phi) is 3.65. The van der Waals surface area contributed by atoms with Crippen LogP contribution in [0.3, 0.4) is 0 Å². The fourth-order valence-electron chi connectivity index (χ4n) is 2.21. The minimum Gasteiger partial charge on any atom is -0.182 e. The molecule has 0 amide bonds. The maximum atomic E-state index is 5.93. The van der Waals surface area contributed by atoms with Gasteiger partial charge in [0.05, 0.1) is 0 Å². The van der Waals surface area contributed by atoms with Crippen LogP contribution >= 0.6 is 22.9 Å². The van der Waals surface area contributed by atoms with Gasteiger partial charge in [-0.05, 0) is 35.9 Å². The summed E-state index contributed by atoms with van der Waals surface area (Å²) in [6, 6.07) is 17.6. The maximum Gasteiger partial charge on any atom is 0.235 e. The Hall–Kier alpha value is -2.50. The van der Waals surface area contributed by atoms with E-state index in [9.17, 15) is 0 Å². The minimum atomic E-state index is 0.694. The minimum absolute atomic E-state index is 0.694. The van der Waals surface area contributed by atoms with E-state index < -0.39 is 0 Å². The highest BCUT2D eigenvalue weighted by Gasteiger charge is 2.12. The number of halogens is 1. The fourth-order valence-corrected chi connectivity index (χ4v) is 3.08. The number of fused-ring (bicyclic) bond motifs is 1. The molecule has 0 aliphatic carbocycles. The summed E-state index contributed by atoms with van der Waals surface area (Å²) in [6.45, 7) is 0. The highest BCUT2D eigenvalue weighted by atomic mass is 35.5. The molecule has 0 atom stereocenters. The van der Waals surface area contributed by atoms with Gasteiger partial charge in [-0.1, -0.05) is 59.3 Å². The third-order valence-corrected chi connectivity index (χ3v) is 4.44. The van der Waals surface area contributed by atoms with Gasteiger partial charge < -0.3 is 0 Å². The van der Waals surface area contributed by atoms with E-state index in [-0.39, 0.29) is 0 Å². The van der Waals surface area contributed by atoms with Crippen molar-refractivity contribution in [3.05, 3.63) is 70.2 Å². The highest BCUT2D eigenvalue weighted by molar-refractivity contribution is 7.17. The number of rotatable bonds is 3. The number of aromatic nitrogens is 4. The van der Waals surface area contributed by atoms with Gasteiger partial charge in [0.15, 0.2) is 5.82 Å². The van der Waals surface area contributed by atoms with Crippen LogP contribution in [0, 0.1) is 0 Å². The third kappa shape index (κ3) is 2.88. The molecule has 4 rings (SSSR count). The molecule has 0 bridgehead atoms. The Balaban J connectivity index is 1.69. The van der Waals surface area contributed by atoms with Crippen molar-refractivity contribution in [1.29, 1.82) is 0 Å². The average Bonchev–Trinajstić information content (AvgIpc) is 3.15. The van der Waals surface area contributed by atoms with Crippen LogP contribution in [0.1, 0.15) is 10.6 Å². The quantitative estimate of drug-likeness (QED) is 0.545. The first-order chi connectivity index (χ1) is 11.3. The van der Waals surface area contributed by atoms with E-state index in [0.717, 1.165) is 21.1 Å². The Morgan fingerprint density at radius 1 is 0.913 bits per heavy atom. The summed E-state index contributed by atoms with van der Waals surface area (Å²) in [5.74, 6) is 0.715. The average molecular weight is 339 g/mol. The van der Waals surface area contributed by atoms with Gasteiger partial charge in [0, 0.05) is 10.6 Å². The van der Waals surface area contributed by atoms with Crippen LogP contribution in [0.2, 0.25) is 5.02 Å². The van der Waals surface area contributed by atoms with Gasteiger partial charge in [0.2, 0.25) is 4.96 Å². The predicted octanol–water partition coefficient (Wildman–Crippen LogP) is 4.68. The zero-order valence-electron chi connectivity index (χ0n) is 11.9. The molecule has 2 aromatic heterocycles. The smallest absolute Gasteiger partial charge is 0.182 e.